The highest BCUT2D eigenvalue weighted by Gasteiger charge is 2.32. The first-order valence-corrected chi connectivity index (χ1v) is 10.3. The van der Waals surface area contributed by atoms with Crippen molar-refractivity contribution in [2.45, 2.75) is 12.8 Å². The van der Waals surface area contributed by atoms with E-state index in [-0.39, 0.29) is 24.6 Å². The van der Waals surface area contributed by atoms with Crippen molar-refractivity contribution in [1.82, 2.24) is 4.90 Å². The number of hydrogen-bond donors (Lipinski definition) is 1. The van der Waals surface area contributed by atoms with Gasteiger partial charge in [-0.15, -0.1) is 11.3 Å². The molecule has 0 unspecified atom stereocenters. The molecule has 0 aliphatic carbocycles. The van der Waals surface area contributed by atoms with Gasteiger partial charge in [0.1, 0.15) is 4.32 Å². The highest BCUT2D eigenvalue weighted by Crippen LogP contribution is 2.39. The lowest BCUT2D eigenvalue weighted by Gasteiger charge is -2.13. The number of para-hydroxylation sites is 1. The molecule has 0 bridgehead atoms. The number of rotatable bonds is 7. The maximum Gasteiger partial charge on any atom is 0.303 e. The first-order valence-electron chi connectivity index (χ1n) is 8.17. The Balaban J connectivity index is 1.87. The lowest BCUT2D eigenvalue weighted by Crippen LogP contribution is -2.29. The molecule has 1 N–H and O–H groups in total. The van der Waals surface area contributed by atoms with Crippen molar-refractivity contribution in [3.8, 4) is 11.1 Å². The van der Waals surface area contributed by atoms with Crippen LogP contribution in [0, 0.1) is 10.1 Å². The molecule has 1 amide bonds. The van der Waals surface area contributed by atoms with Crippen LogP contribution in [0.25, 0.3) is 17.2 Å². The van der Waals surface area contributed by atoms with Gasteiger partial charge in [0.2, 0.25) is 0 Å². The van der Waals surface area contributed by atoms with E-state index in [1.807, 2.05) is 5.38 Å². The molecule has 1 aliphatic rings. The summed E-state index contributed by atoms with van der Waals surface area (Å²) in [5.41, 5.74) is 1.15. The van der Waals surface area contributed by atoms with Gasteiger partial charge in [-0.25, -0.2) is 0 Å². The SMILES string of the molecule is O=C(O)CCCN1C(=O)C(=Cc2sccc2-c2ccccc2[N+](=O)[O-])SC1=S. The Bertz CT molecular complexity index is 999. The van der Waals surface area contributed by atoms with Gasteiger partial charge >= 0.3 is 5.97 Å². The van der Waals surface area contributed by atoms with Gasteiger partial charge in [0.15, 0.2) is 0 Å². The molecule has 144 valence electrons. The van der Waals surface area contributed by atoms with Gasteiger partial charge in [0.25, 0.3) is 11.6 Å². The minimum atomic E-state index is -0.923. The molecule has 1 aromatic carbocycles. The molecule has 28 heavy (non-hydrogen) atoms. The summed E-state index contributed by atoms with van der Waals surface area (Å²) < 4.78 is 0.380. The number of hydrogen-bond acceptors (Lipinski definition) is 7. The molecule has 1 saturated heterocycles. The van der Waals surface area contributed by atoms with E-state index < -0.39 is 10.9 Å². The summed E-state index contributed by atoms with van der Waals surface area (Å²) in [6.07, 6.45) is 1.96. The minimum absolute atomic E-state index is 0.00299. The van der Waals surface area contributed by atoms with Crippen LogP contribution in [0.15, 0.2) is 40.6 Å². The zero-order valence-electron chi connectivity index (χ0n) is 14.4. The number of thioether (sulfide) groups is 1. The van der Waals surface area contributed by atoms with Crippen molar-refractivity contribution in [2.24, 2.45) is 0 Å². The number of carbonyl (C=O) groups excluding carboxylic acids is 1. The second-order valence-electron chi connectivity index (χ2n) is 5.80. The van der Waals surface area contributed by atoms with E-state index in [0.29, 0.717) is 26.8 Å². The van der Waals surface area contributed by atoms with Gasteiger partial charge in [-0.3, -0.25) is 24.6 Å². The van der Waals surface area contributed by atoms with Crippen LogP contribution in [0.3, 0.4) is 0 Å². The number of benzene rings is 1. The van der Waals surface area contributed by atoms with Crippen molar-refractivity contribution in [3.63, 3.8) is 0 Å². The van der Waals surface area contributed by atoms with Crippen molar-refractivity contribution < 1.29 is 19.6 Å². The monoisotopic (exact) mass is 434 g/mol. The molecular formula is C18H14N2O5S3. The highest BCUT2D eigenvalue weighted by atomic mass is 32.2. The Labute approximate surface area is 173 Å². The summed E-state index contributed by atoms with van der Waals surface area (Å²) in [5, 5.41) is 21.9. The summed E-state index contributed by atoms with van der Waals surface area (Å²) in [5.74, 6) is -1.20. The maximum atomic E-state index is 12.6. The van der Waals surface area contributed by atoms with Gasteiger partial charge in [-0.05, 0) is 30.0 Å². The molecule has 1 aliphatic heterocycles. The van der Waals surface area contributed by atoms with Gasteiger partial charge < -0.3 is 5.11 Å². The number of amides is 1. The first-order chi connectivity index (χ1) is 13.4. The molecule has 2 aromatic rings. The van der Waals surface area contributed by atoms with E-state index >= 15 is 0 Å². The molecule has 0 atom stereocenters. The molecule has 10 heteroatoms. The average molecular weight is 435 g/mol. The van der Waals surface area contributed by atoms with Gasteiger partial charge in [0.05, 0.1) is 15.4 Å². The van der Waals surface area contributed by atoms with Crippen molar-refractivity contribution in [3.05, 3.63) is 55.6 Å². The molecule has 0 spiro atoms. The average Bonchev–Trinajstić information content (AvgIpc) is 3.21. The quantitative estimate of drug-likeness (QED) is 0.298. The number of carboxylic acids is 1. The van der Waals surface area contributed by atoms with Crippen LogP contribution < -0.4 is 0 Å². The Kier molecular flexibility index (Phi) is 6.22. The van der Waals surface area contributed by atoms with Crippen LogP contribution in [0.5, 0.6) is 0 Å². The fraction of sp³-hybridized carbons (Fsp3) is 0.167. The van der Waals surface area contributed by atoms with Gasteiger partial charge in [-0.1, -0.05) is 36.1 Å². The summed E-state index contributed by atoms with van der Waals surface area (Å²) in [4.78, 5) is 36.7. The Morgan fingerprint density at radius 3 is 2.75 bits per heavy atom. The van der Waals surface area contributed by atoms with Crippen LogP contribution in [-0.4, -0.2) is 37.7 Å². The van der Waals surface area contributed by atoms with Gasteiger partial charge in [0, 0.05) is 29.5 Å². The Morgan fingerprint density at radius 1 is 1.29 bits per heavy atom. The van der Waals surface area contributed by atoms with Crippen LogP contribution in [0.4, 0.5) is 5.69 Å². The summed E-state index contributed by atoms with van der Waals surface area (Å²) in [6.45, 7) is 0.246. The minimum Gasteiger partial charge on any atom is -0.481 e. The number of thiocarbonyl (C=S) groups is 1. The first kappa shape index (κ1) is 20.2. The Hall–Kier alpha value is -2.56. The fourth-order valence-corrected chi connectivity index (χ4v) is 4.92. The number of nitrogens with zero attached hydrogens (tertiary/aromatic N) is 2. The van der Waals surface area contributed by atoms with Crippen molar-refractivity contribution in [1.29, 1.82) is 0 Å². The smallest absolute Gasteiger partial charge is 0.303 e. The number of carbonyl (C=O) groups is 2. The topological polar surface area (TPSA) is 101 Å². The number of aliphatic carboxylic acids is 1. The summed E-state index contributed by atoms with van der Waals surface area (Å²) in [7, 11) is 0. The number of carboxylic acid groups (broad SMARTS) is 1. The van der Waals surface area contributed by atoms with E-state index in [4.69, 9.17) is 17.3 Å². The predicted molar refractivity (Wildman–Crippen MR) is 113 cm³/mol. The number of nitro benzene ring substituents is 1. The second-order valence-corrected chi connectivity index (χ2v) is 8.43. The van der Waals surface area contributed by atoms with E-state index in [2.05, 4.69) is 0 Å². The molecule has 3 rings (SSSR count). The molecule has 7 nitrogen and oxygen atoms in total. The van der Waals surface area contributed by atoms with Crippen molar-refractivity contribution >= 4 is 63.3 Å². The lowest BCUT2D eigenvalue weighted by molar-refractivity contribution is -0.384. The molecule has 1 aromatic heterocycles. The molecule has 0 radical (unpaired) electrons. The lowest BCUT2D eigenvalue weighted by atomic mass is 10.0. The second kappa shape index (κ2) is 8.63. The zero-order valence-corrected chi connectivity index (χ0v) is 16.8. The van der Waals surface area contributed by atoms with Crippen LogP contribution in [0.1, 0.15) is 17.7 Å². The van der Waals surface area contributed by atoms with Gasteiger partial charge in [-0.2, -0.15) is 0 Å². The third kappa shape index (κ3) is 4.29. The molecule has 1 fully saturated rings. The largest absolute Gasteiger partial charge is 0.481 e. The third-order valence-electron chi connectivity index (χ3n) is 3.99. The van der Waals surface area contributed by atoms with Crippen LogP contribution >= 0.6 is 35.3 Å². The predicted octanol–water partition coefficient (Wildman–Crippen LogP) is 4.39. The Morgan fingerprint density at radius 2 is 2.04 bits per heavy atom. The van der Waals surface area contributed by atoms with E-state index in [1.54, 1.807) is 30.3 Å². The molecule has 0 saturated carbocycles. The normalized spacial score (nSPS) is 15.4. The molecular weight excluding hydrogens is 420 g/mol. The molecule has 2 heterocycles. The number of thiophene rings is 1. The standard InChI is InChI=1S/C18H14N2O5S3/c21-16(22)6-3-8-19-17(23)15(28-18(19)26)10-14-12(7-9-27-14)11-4-1-2-5-13(11)20(24)25/h1-2,4-5,7,9-10H,3,6,8H2,(H,21,22). The van der Waals surface area contributed by atoms with Crippen LogP contribution in [-0.2, 0) is 9.59 Å². The summed E-state index contributed by atoms with van der Waals surface area (Å²) >= 11 is 7.77. The van der Waals surface area contributed by atoms with E-state index in [1.165, 1.54) is 22.3 Å². The van der Waals surface area contributed by atoms with E-state index in [0.717, 1.165) is 16.6 Å². The zero-order chi connectivity index (χ0) is 20.3. The summed E-state index contributed by atoms with van der Waals surface area (Å²) in [6, 6.07) is 8.24. The highest BCUT2D eigenvalue weighted by molar-refractivity contribution is 8.26. The third-order valence-corrected chi connectivity index (χ3v) is 6.24. The fourth-order valence-electron chi connectivity index (χ4n) is 2.72. The number of nitro groups is 1. The van der Waals surface area contributed by atoms with E-state index in [9.17, 15) is 19.7 Å². The maximum absolute atomic E-state index is 12.6. The van der Waals surface area contributed by atoms with Crippen LogP contribution in [0.2, 0.25) is 0 Å². The van der Waals surface area contributed by atoms with Crippen molar-refractivity contribution in [2.75, 3.05) is 6.54 Å².